The minimum Gasteiger partial charge on any atom is -0.497 e. The van der Waals surface area contributed by atoms with Crippen molar-refractivity contribution in [1.29, 1.82) is 0 Å². The summed E-state index contributed by atoms with van der Waals surface area (Å²) in [6.45, 7) is 17.4. The fourth-order valence-corrected chi connectivity index (χ4v) is 12.8. The minimum atomic E-state index is -2.20. The van der Waals surface area contributed by atoms with Crippen LogP contribution in [0.2, 0.25) is 36.3 Å². The van der Waals surface area contributed by atoms with Crippen LogP contribution in [-0.4, -0.2) is 72.1 Å². The number of carbonyl (C=O) groups is 1. The van der Waals surface area contributed by atoms with E-state index in [0.29, 0.717) is 0 Å². The molecule has 1 aliphatic carbocycles. The Morgan fingerprint density at radius 1 is 0.745 bits per heavy atom. The molecule has 2 N–H and O–H groups in total. The molecule has 2 fully saturated rings. The number of ether oxygens (including phenoxy) is 4. The lowest BCUT2D eigenvalue weighted by molar-refractivity contribution is -0.156. The van der Waals surface area contributed by atoms with Crippen LogP contribution in [0, 0.1) is 0 Å². The summed E-state index contributed by atoms with van der Waals surface area (Å²) in [4.78, 5) is 13.7. The van der Waals surface area contributed by atoms with E-state index in [1.165, 1.54) is 0 Å². The van der Waals surface area contributed by atoms with E-state index >= 15 is 0 Å². The largest absolute Gasteiger partial charge is 0.497 e. The average molecular weight is 687 g/mol. The number of methoxy groups -OCH3 is 1. The van der Waals surface area contributed by atoms with Gasteiger partial charge in [-0.05, 0) is 79.9 Å². The van der Waals surface area contributed by atoms with Crippen LogP contribution in [0.3, 0.4) is 0 Å². The molecule has 2 aromatic rings. The lowest BCUT2D eigenvalue weighted by atomic mass is 9.81. The van der Waals surface area contributed by atoms with Gasteiger partial charge in [-0.3, -0.25) is 0 Å². The lowest BCUT2D eigenvalue weighted by Gasteiger charge is -2.52. The van der Waals surface area contributed by atoms with Crippen molar-refractivity contribution in [3.8, 4) is 5.75 Å². The Bertz CT molecular complexity index is 1240. The van der Waals surface area contributed by atoms with Crippen molar-refractivity contribution in [3.05, 3.63) is 60.2 Å². The Morgan fingerprint density at radius 2 is 1.23 bits per heavy atom. The number of hydrogen-bond donors (Lipinski definition) is 2. The third-order valence-corrected chi connectivity index (χ3v) is 19.7. The van der Waals surface area contributed by atoms with Gasteiger partial charge >= 0.3 is 6.09 Å². The number of nitrogens with one attached hydrogen (secondary N) is 2. The third-order valence-electron chi connectivity index (χ3n) is 10.5. The summed E-state index contributed by atoms with van der Waals surface area (Å²) in [5, 5.41) is 7.07. The van der Waals surface area contributed by atoms with E-state index in [-0.39, 0.29) is 6.61 Å². The predicted octanol–water partition coefficient (Wildman–Crippen LogP) is 8.09. The first kappa shape index (κ1) is 37.4. The second-order valence-corrected chi connectivity index (χ2v) is 22.8. The molecule has 1 aliphatic heterocycles. The normalized spacial score (nSPS) is 25.6. The number of amides is 1. The summed E-state index contributed by atoms with van der Waals surface area (Å²) in [5.41, 5.74) is 1.80. The van der Waals surface area contributed by atoms with Crippen LogP contribution >= 0.6 is 0 Å². The van der Waals surface area contributed by atoms with Crippen molar-refractivity contribution in [3.63, 3.8) is 0 Å². The zero-order valence-electron chi connectivity index (χ0n) is 30.0. The lowest BCUT2D eigenvalue weighted by Crippen LogP contribution is -2.73. The van der Waals surface area contributed by atoms with Crippen molar-refractivity contribution in [2.75, 3.05) is 12.4 Å². The summed E-state index contributed by atoms with van der Waals surface area (Å²) < 4.78 is 39.5. The second-order valence-electron chi connectivity index (χ2n) is 13.3. The van der Waals surface area contributed by atoms with Crippen LogP contribution < -0.4 is 15.4 Å². The molecule has 2 aromatic carbocycles. The Balaban J connectivity index is 1.83. The van der Waals surface area contributed by atoms with Crippen molar-refractivity contribution in [2.45, 2.75) is 141 Å². The molecule has 0 unspecified atom stereocenters. The summed E-state index contributed by atoms with van der Waals surface area (Å²) in [5.74, 6) is -0.0870. The summed E-state index contributed by atoms with van der Waals surface area (Å²) in [6, 6.07) is 22.4. The maximum absolute atomic E-state index is 13.7. The number of anilines is 1. The van der Waals surface area contributed by atoms with Crippen molar-refractivity contribution in [1.82, 2.24) is 5.32 Å². The van der Waals surface area contributed by atoms with Gasteiger partial charge in [-0.25, -0.2) is 4.79 Å². The van der Waals surface area contributed by atoms with E-state index in [2.05, 4.69) is 52.2 Å². The third kappa shape index (κ3) is 8.79. The van der Waals surface area contributed by atoms with E-state index < -0.39 is 65.0 Å². The first-order valence-electron chi connectivity index (χ1n) is 17.6. The summed E-state index contributed by atoms with van der Waals surface area (Å²) >= 11 is 0. The monoisotopic (exact) mass is 686 g/mol. The number of rotatable bonds is 16. The number of benzene rings is 2. The Labute approximate surface area is 284 Å². The van der Waals surface area contributed by atoms with Gasteiger partial charge in [0.05, 0.1) is 31.4 Å². The zero-order valence-corrected chi connectivity index (χ0v) is 32.0. The molecule has 0 aromatic heterocycles. The molecule has 0 bridgehead atoms. The molecule has 1 saturated carbocycles. The van der Waals surface area contributed by atoms with Crippen molar-refractivity contribution >= 4 is 28.4 Å². The van der Waals surface area contributed by atoms with Crippen LogP contribution in [0.15, 0.2) is 54.6 Å². The molecule has 11 heteroatoms. The smallest absolute Gasteiger partial charge is 0.407 e. The second kappa shape index (κ2) is 16.3. The molecule has 262 valence electrons. The standard InChI is InChI=1S/C36H58N2O7Si2/c1-10-46(11-2,12-3)44-31-29(37-27-21-23-28(40-9)24-22-27)30(38-35(39)41-25-26-19-17-16-18-20-26)32(45-47(13-4,14-5)15-6)34-33(31)42-36(7,8)43-34/h16-24,29-34,37H,10-15,25H2,1-9H3,(H,38,39)/t29-,30-,31-,32+,33+,34-/m1/s1. The summed E-state index contributed by atoms with van der Waals surface area (Å²) in [7, 11) is -2.72. The number of alkyl carbamates (subject to hydrolysis) is 1. The zero-order chi connectivity index (χ0) is 34.2. The van der Waals surface area contributed by atoms with Gasteiger partial charge in [0.25, 0.3) is 0 Å². The summed E-state index contributed by atoms with van der Waals surface area (Å²) in [6.07, 6.45) is -2.27. The quantitative estimate of drug-likeness (QED) is 0.171. The number of hydrogen-bond acceptors (Lipinski definition) is 8. The van der Waals surface area contributed by atoms with Crippen molar-refractivity contribution < 1.29 is 32.6 Å². The highest BCUT2D eigenvalue weighted by Crippen LogP contribution is 2.44. The van der Waals surface area contributed by atoms with Gasteiger partial charge in [0.15, 0.2) is 22.4 Å². The van der Waals surface area contributed by atoms with E-state index in [1.807, 2.05) is 68.4 Å². The molecular formula is C36H58N2O7Si2. The fourth-order valence-electron chi connectivity index (χ4n) is 7.13. The highest BCUT2D eigenvalue weighted by atomic mass is 28.4. The van der Waals surface area contributed by atoms with Gasteiger partial charge in [0, 0.05) is 5.69 Å². The highest BCUT2D eigenvalue weighted by molar-refractivity contribution is 6.74. The molecular weight excluding hydrogens is 629 g/mol. The van der Waals surface area contributed by atoms with Crippen LogP contribution in [0.5, 0.6) is 5.75 Å². The molecule has 4 rings (SSSR count). The van der Waals surface area contributed by atoms with Crippen molar-refractivity contribution in [2.24, 2.45) is 0 Å². The van der Waals surface area contributed by atoms with Crippen LogP contribution in [-0.2, 0) is 29.7 Å². The molecule has 6 atom stereocenters. The van der Waals surface area contributed by atoms with E-state index in [4.69, 9.17) is 27.8 Å². The molecule has 9 nitrogen and oxygen atoms in total. The fraction of sp³-hybridized carbons (Fsp3) is 0.639. The SMILES string of the molecule is CC[Si](CC)(CC)O[C@@H]1[C@H](Nc2ccc(OC)cc2)[C@@H](NC(=O)OCc2ccccc2)[C@H](O[Si](CC)(CC)CC)[C@H]2OC(C)(C)O[C@H]21. The van der Waals surface area contributed by atoms with Gasteiger partial charge in [-0.15, -0.1) is 0 Å². The molecule has 0 radical (unpaired) electrons. The van der Waals surface area contributed by atoms with E-state index in [1.54, 1.807) is 7.11 Å². The minimum absolute atomic E-state index is 0.162. The molecule has 1 heterocycles. The van der Waals surface area contributed by atoms with Gasteiger partial charge in [-0.1, -0.05) is 71.9 Å². The topological polar surface area (TPSA) is 96.5 Å². The number of carbonyl (C=O) groups excluding carboxylic acids is 1. The van der Waals surface area contributed by atoms with Crippen LogP contribution in [0.4, 0.5) is 10.5 Å². The molecule has 0 spiro atoms. The van der Waals surface area contributed by atoms with Gasteiger partial charge < -0.3 is 38.4 Å². The first-order chi connectivity index (χ1) is 22.5. The van der Waals surface area contributed by atoms with Gasteiger partial charge in [0.1, 0.15) is 24.6 Å². The Morgan fingerprint density at radius 3 is 1.70 bits per heavy atom. The Kier molecular flexibility index (Phi) is 13.0. The maximum atomic E-state index is 13.7. The number of fused-ring (bicyclic) bond motifs is 1. The van der Waals surface area contributed by atoms with E-state index in [0.717, 1.165) is 53.3 Å². The maximum Gasteiger partial charge on any atom is 0.407 e. The molecule has 2 aliphatic rings. The predicted molar refractivity (Wildman–Crippen MR) is 192 cm³/mol. The van der Waals surface area contributed by atoms with Gasteiger partial charge in [0.2, 0.25) is 0 Å². The van der Waals surface area contributed by atoms with Crippen LogP contribution in [0.1, 0.15) is 61.0 Å². The van der Waals surface area contributed by atoms with Gasteiger partial charge in [-0.2, -0.15) is 0 Å². The molecule has 1 saturated heterocycles. The van der Waals surface area contributed by atoms with Crippen LogP contribution in [0.25, 0.3) is 0 Å². The molecule has 1 amide bonds. The average Bonchev–Trinajstić information content (AvgIpc) is 3.43. The first-order valence-corrected chi connectivity index (χ1v) is 22.7. The molecule has 47 heavy (non-hydrogen) atoms. The van der Waals surface area contributed by atoms with E-state index in [9.17, 15) is 4.79 Å². The Hall–Kier alpha value is -2.42. The highest BCUT2D eigenvalue weighted by Gasteiger charge is 2.61.